The van der Waals surface area contributed by atoms with Crippen molar-refractivity contribution in [2.75, 3.05) is 31.7 Å². The zero-order valence-corrected chi connectivity index (χ0v) is 15.5. The Morgan fingerprint density at radius 2 is 1.62 bits per heavy atom. The summed E-state index contributed by atoms with van der Waals surface area (Å²) in [6.07, 6.45) is 8.01. The number of hydrogen-bond acceptors (Lipinski definition) is 3. The maximum Gasteiger partial charge on any atom is 0.237 e. The molecule has 0 spiro atoms. The quantitative estimate of drug-likeness (QED) is 0.639. The van der Waals surface area contributed by atoms with E-state index in [4.69, 9.17) is 0 Å². The average molecular weight is 354 g/mol. The Labute approximate surface area is 155 Å². The zero-order valence-electron chi connectivity index (χ0n) is 15.5. The zero-order chi connectivity index (χ0) is 18.1. The summed E-state index contributed by atoms with van der Waals surface area (Å²) in [5.41, 5.74) is 2.60. The minimum absolute atomic E-state index is 0.0246. The Bertz CT molecular complexity index is 698. The number of allylic oxidation sites excluding steroid dienone is 2. The lowest BCUT2D eigenvalue weighted by molar-refractivity contribution is -0.901. The first-order valence-corrected chi connectivity index (χ1v) is 9.79. The predicted molar refractivity (Wildman–Crippen MR) is 101 cm³/mol. The minimum Gasteiger partial charge on any atom is -0.371 e. The van der Waals surface area contributed by atoms with Gasteiger partial charge in [-0.1, -0.05) is 30.4 Å². The highest BCUT2D eigenvalue weighted by molar-refractivity contribution is 6.05. The van der Waals surface area contributed by atoms with Crippen molar-refractivity contribution in [3.8, 4) is 0 Å². The van der Waals surface area contributed by atoms with Crippen LogP contribution in [0, 0.1) is 11.8 Å². The molecule has 2 saturated heterocycles. The molecule has 5 heteroatoms. The molecule has 2 amide bonds. The number of amides is 2. The molecule has 138 valence electrons. The Morgan fingerprint density at radius 1 is 1.00 bits per heavy atom. The van der Waals surface area contributed by atoms with Gasteiger partial charge in [0.1, 0.15) is 6.54 Å². The number of imide groups is 1. The molecule has 1 aromatic carbocycles. The maximum absolute atomic E-state index is 12.7. The van der Waals surface area contributed by atoms with Gasteiger partial charge in [0, 0.05) is 24.3 Å². The van der Waals surface area contributed by atoms with Gasteiger partial charge in [-0.25, -0.2) is 4.90 Å². The first-order chi connectivity index (χ1) is 12.6. The number of para-hydroxylation sites is 1. The number of hydrogen-bond donors (Lipinski definition) is 1. The van der Waals surface area contributed by atoms with E-state index in [-0.39, 0.29) is 23.7 Å². The smallest absolute Gasteiger partial charge is 0.237 e. The van der Waals surface area contributed by atoms with E-state index in [1.807, 2.05) is 12.2 Å². The van der Waals surface area contributed by atoms with Crippen LogP contribution in [0.5, 0.6) is 0 Å². The van der Waals surface area contributed by atoms with Crippen molar-refractivity contribution in [3.63, 3.8) is 0 Å². The van der Waals surface area contributed by atoms with E-state index in [9.17, 15) is 9.59 Å². The summed E-state index contributed by atoms with van der Waals surface area (Å²) in [6.45, 7) is 3.52. The van der Waals surface area contributed by atoms with Crippen LogP contribution in [0.1, 0.15) is 31.2 Å². The van der Waals surface area contributed by atoms with Gasteiger partial charge in [0.05, 0.1) is 18.9 Å². The summed E-state index contributed by atoms with van der Waals surface area (Å²) in [5.74, 6) is -0.206. The number of fused-ring (bicyclic) bond motifs is 1. The highest BCUT2D eigenvalue weighted by Crippen LogP contribution is 2.34. The molecule has 2 heterocycles. The van der Waals surface area contributed by atoms with Crippen LogP contribution in [0.4, 0.5) is 5.69 Å². The van der Waals surface area contributed by atoms with Crippen molar-refractivity contribution in [1.82, 2.24) is 4.90 Å². The Kier molecular flexibility index (Phi) is 4.81. The highest BCUT2D eigenvalue weighted by atomic mass is 16.2. The highest BCUT2D eigenvalue weighted by Gasteiger charge is 2.48. The lowest BCUT2D eigenvalue weighted by Crippen LogP contribution is -3.09. The van der Waals surface area contributed by atoms with Crippen LogP contribution in [0.2, 0.25) is 0 Å². The van der Waals surface area contributed by atoms with E-state index in [2.05, 4.69) is 36.2 Å². The molecule has 1 aliphatic carbocycles. The van der Waals surface area contributed by atoms with Crippen molar-refractivity contribution in [3.05, 3.63) is 42.0 Å². The van der Waals surface area contributed by atoms with Gasteiger partial charge >= 0.3 is 0 Å². The van der Waals surface area contributed by atoms with E-state index in [1.54, 1.807) is 0 Å². The second-order valence-corrected chi connectivity index (χ2v) is 7.88. The third-order valence-corrected chi connectivity index (χ3v) is 5.96. The summed E-state index contributed by atoms with van der Waals surface area (Å²) in [7, 11) is 2.07. The number of quaternary nitrogens is 1. The normalized spacial score (nSPS) is 26.5. The molecular formula is C21H28N3O2+. The molecule has 2 aliphatic heterocycles. The van der Waals surface area contributed by atoms with Crippen LogP contribution in [0.3, 0.4) is 0 Å². The second kappa shape index (κ2) is 7.23. The van der Waals surface area contributed by atoms with E-state index in [0.29, 0.717) is 19.5 Å². The fourth-order valence-electron chi connectivity index (χ4n) is 4.60. The molecule has 0 bridgehead atoms. The Hall–Kier alpha value is -2.14. The van der Waals surface area contributed by atoms with Crippen LogP contribution in [0.25, 0.3) is 0 Å². The molecule has 26 heavy (non-hydrogen) atoms. The molecule has 1 unspecified atom stereocenters. The molecule has 4 rings (SSSR count). The van der Waals surface area contributed by atoms with Crippen molar-refractivity contribution >= 4 is 17.5 Å². The van der Waals surface area contributed by atoms with Crippen LogP contribution in [-0.2, 0) is 16.1 Å². The average Bonchev–Trinajstić information content (AvgIpc) is 3.26. The lowest BCUT2D eigenvalue weighted by Gasteiger charge is -2.24. The number of rotatable bonds is 5. The van der Waals surface area contributed by atoms with Gasteiger partial charge in [-0.15, -0.1) is 0 Å². The van der Waals surface area contributed by atoms with Gasteiger partial charge in [-0.3, -0.25) is 9.59 Å². The number of likely N-dealkylation sites (tertiary alicyclic amines) is 1. The summed E-state index contributed by atoms with van der Waals surface area (Å²) >= 11 is 0. The van der Waals surface area contributed by atoms with Crippen LogP contribution < -0.4 is 9.80 Å². The molecule has 1 N–H and O–H groups in total. The van der Waals surface area contributed by atoms with Crippen molar-refractivity contribution in [1.29, 1.82) is 0 Å². The van der Waals surface area contributed by atoms with Gasteiger partial charge in [0.15, 0.2) is 6.67 Å². The standard InChI is InChI=1S/C21H27N3O2/c1-22(14-16-8-2-5-11-19(16)23-12-6-7-13-23)15-24-20(25)17-9-3-4-10-18(17)21(24)26/h2-5,8,11,17-18H,6-7,9-10,12-15H2,1H3/p+1/t17-,18-/m0/s1. The summed E-state index contributed by atoms with van der Waals surface area (Å²) in [5, 5.41) is 0. The molecule has 3 atom stereocenters. The number of nitrogens with zero attached hydrogens (tertiary/aromatic N) is 2. The van der Waals surface area contributed by atoms with Gasteiger partial charge in [-0.2, -0.15) is 0 Å². The molecule has 5 nitrogen and oxygen atoms in total. The SMILES string of the molecule is C[NH+](Cc1ccccc1N1CCCC1)CN1C(=O)[C@H]2CC=CC[C@@H]2C1=O. The molecule has 0 aromatic heterocycles. The van der Waals surface area contributed by atoms with Gasteiger partial charge < -0.3 is 9.80 Å². The van der Waals surface area contributed by atoms with E-state index in [0.717, 1.165) is 19.6 Å². The van der Waals surface area contributed by atoms with Crippen molar-refractivity contribution in [2.24, 2.45) is 11.8 Å². The van der Waals surface area contributed by atoms with Crippen molar-refractivity contribution < 1.29 is 14.5 Å². The molecule has 2 fully saturated rings. The third-order valence-electron chi connectivity index (χ3n) is 5.96. The monoisotopic (exact) mass is 354 g/mol. The fraction of sp³-hybridized carbons (Fsp3) is 0.524. The number of carbonyl (C=O) groups is 2. The van der Waals surface area contributed by atoms with Crippen LogP contribution in [-0.4, -0.2) is 43.5 Å². The predicted octanol–water partition coefficient (Wildman–Crippen LogP) is 1.21. The number of nitrogens with one attached hydrogen (secondary N) is 1. The molecule has 1 aromatic rings. The van der Waals surface area contributed by atoms with E-state index < -0.39 is 0 Å². The van der Waals surface area contributed by atoms with Crippen LogP contribution in [0.15, 0.2) is 36.4 Å². The number of carbonyl (C=O) groups excluding carboxylic acids is 2. The van der Waals surface area contributed by atoms with Crippen LogP contribution >= 0.6 is 0 Å². The summed E-state index contributed by atoms with van der Waals surface area (Å²) in [6, 6.07) is 8.54. The van der Waals surface area contributed by atoms with Crippen molar-refractivity contribution in [2.45, 2.75) is 32.2 Å². The second-order valence-electron chi connectivity index (χ2n) is 7.88. The topological polar surface area (TPSA) is 45.1 Å². The van der Waals surface area contributed by atoms with E-state index in [1.165, 1.54) is 33.9 Å². The number of benzene rings is 1. The number of anilines is 1. The summed E-state index contributed by atoms with van der Waals surface area (Å²) in [4.78, 5) is 30.5. The largest absolute Gasteiger partial charge is 0.371 e. The van der Waals surface area contributed by atoms with Gasteiger partial charge in [0.25, 0.3) is 0 Å². The molecular weight excluding hydrogens is 326 g/mol. The molecule has 0 radical (unpaired) electrons. The molecule has 3 aliphatic rings. The van der Waals surface area contributed by atoms with E-state index >= 15 is 0 Å². The summed E-state index contributed by atoms with van der Waals surface area (Å²) < 4.78 is 0. The van der Waals surface area contributed by atoms with Gasteiger partial charge in [-0.05, 0) is 31.7 Å². The first kappa shape index (κ1) is 17.3. The Morgan fingerprint density at radius 3 is 2.27 bits per heavy atom. The lowest BCUT2D eigenvalue weighted by atomic mass is 9.85. The van der Waals surface area contributed by atoms with Gasteiger partial charge in [0.2, 0.25) is 11.8 Å². The molecule has 0 saturated carbocycles. The third kappa shape index (κ3) is 3.16. The maximum atomic E-state index is 12.7. The first-order valence-electron chi connectivity index (χ1n) is 9.79. The minimum atomic E-state index is -0.128. The Balaban J connectivity index is 1.44. The fourth-order valence-corrected chi connectivity index (χ4v) is 4.60.